The average molecular weight is 335 g/mol. The van der Waals surface area contributed by atoms with E-state index in [4.69, 9.17) is 20.3 Å². The lowest BCUT2D eigenvalue weighted by Crippen LogP contribution is -2.33. The van der Waals surface area contributed by atoms with E-state index < -0.39 is 19.9 Å². The van der Waals surface area contributed by atoms with Crippen LogP contribution in [-0.4, -0.2) is 57.6 Å². The number of nitrogens with two attached hydrogens (primary N) is 1. The molecule has 124 valence electrons. The standard InChI is InChI=1S/C10H18N5O6P/c11-10-13-8-7(9(17)14-10)12-4-15(8)1-6(2-16)3-21-5-22(18,19)20/h6,12,16H,1-5H2,(H2,18,19,20)(H3,11,13,14,17). The number of aliphatic hydroxyl groups is 1. The maximum atomic E-state index is 11.7. The zero-order chi connectivity index (χ0) is 16.3. The van der Waals surface area contributed by atoms with Crippen molar-refractivity contribution in [2.75, 3.05) is 48.7 Å². The topological polar surface area (TPSA) is 174 Å². The number of nitrogens with one attached hydrogen (secondary N) is 2. The van der Waals surface area contributed by atoms with E-state index in [0.717, 1.165) is 0 Å². The first kappa shape index (κ1) is 16.7. The van der Waals surface area contributed by atoms with Gasteiger partial charge in [0.2, 0.25) is 5.95 Å². The Morgan fingerprint density at radius 3 is 2.86 bits per heavy atom. The normalized spacial score (nSPS) is 15.5. The van der Waals surface area contributed by atoms with Crippen LogP contribution in [0, 0.1) is 5.92 Å². The second-order valence-electron chi connectivity index (χ2n) is 4.92. The van der Waals surface area contributed by atoms with Crippen molar-refractivity contribution in [3.8, 4) is 0 Å². The zero-order valence-corrected chi connectivity index (χ0v) is 12.5. The molecule has 0 saturated carbocycles. The molecular formula is C10H18N5O6P. The molecule has 22 heavy (non-hydrogen) atoms. The molecule has 2 heterocycles. The molecule has 0 spiro atoms. The van der Waals surface area contributed by atoms with Crippen molar-refractivity contribution in [2.45, 2.75) is 0 Å². The van der Waals surface area contributed by atoms with Crippen LogP contribution in [0.5, 0.6) is 0 Å². The summed E-state index contributed by atoms with van der Waals surface area (Å²) < 4.78 is 15.6. The van der Waals surface area contributed by atoms with Gasteiger partial charge in [-0.2, -0.15) is 4.98 Å². The van der Waals surface area contributed by atoms with Crippen LogP contribution in [0.25, 0.3) is 0 Å². The summed E-state index contributed by atoms with van der Waals surface area (Å²) in [6, 6.07) is 0. The number of nitrogens with zero attached hydrogens (tertiary/aromatic N) is 2. The van der Waals surface area contributed by atoms with Crippen molar-refractivity contribution in [3.63, 3.8) is 0 Å². The van der Waals surface area contributed by atoms with Crippen LogP contribution in [0.15, 0.2) is 4.79 Å². The number of aliphatic hydroxyl groups excluding tert-OH is 1. The Bertz CT molecular complexity index is 631. The van der Waals surface area contributed by atoms with Crippen molar-refractivity contribution < 1.29 is 24.2 Å². The number of aromatic amines is 1. The molecule has 1 unspecified atom stereocenters. The molecule has 11 nitrogen and oxygen atoms in total. The molecule has 0 aliphatic carbocycles. The van der Waals surface area contributed by atoms with Crippen LogP contribution in [-0.2, 0) is 9.30 Å². The maximum absolute atomic E-state index is 11.7. The van der Waals surface area contributed by atoms with Crippen LogP contribution < -0.4 is 21.5 Å². The highest BCUT2D eigenvalue weighted by Gasteiger charge is 2.26. The van der Waals surface area contributed by atoms with Gasteiger partial charge in [-0.05, 0) is 0 Å². The molecule has 2 rings (SSSR count). The molecule has 0 bridgehead atoms. The Hall–Kier alpha value is -1.65. The number of H-pyrrole nitrogens is 1. The van der Waals surface area contributed by atoms with Crippen LogP contribution >= 0.6 is 7.60 Å². The van der Waals surface area contributed by atoms with Crippen LogP contribution in [0.4, 0.5) is 17.5 Å². The molecule has 12 heteroatoms. The maximum Gasteiger partial charge on any atom is 0.350 e. The highest BCUT2D eigenvalue weighted by Crippen LogP contribution is 2.34. The lowest BCUT2D eigenvalue weighted by atomic mass is 10.1. The lowest BCUT2D eigenvalue weighted by Gasteiger charge is -2.23. The Balaban J connectivity index is 1.99. The van der Waals surface area contributed by atoms with Gasteiger partial charge in [0.25, 0.3) is 5.56 Å². The third-order valence-corrected chi connectivity index (χ3v) is 3.53. The summed E-state index contributed by atoms with van der Waals surface area (Å²) in [5.74, 6) is -0.0490. The van der Waals surface area contributed by atoms with Crippen LogP contribution in [0.2, 0.25) is 0 Å². The van der Waals surface area contributed by atoms with Crippen molar-refractivity contribution in [1.29, 1.82) is 0 Å². The number of hydrogen-bond donors (Lipinski definition) is 6. The van der Waals surface area contributed by atoms with Crippen LogP contribution in [0.3, 0.4) is 0 Å². The predicted octanol–water partition coefficient (Wildman–Crippen LogP) is -1.70. The Kier molecular flexibility index (Phi) is 5.04. The summed E-state index contributed by atoms with van der Waals surface area (Å²) in [6.45, 7) is 0.315. The van der Waals surface area contributed by atoms with Gasteiger partial charge in [-0.3, -0.25) is 14.3 Å². The van der Waals surface area contributed by atoms with E-state index in [1.807, 2.05) is 0 Å². The van der Waals surface area contributed by atoms with Crippen molar-refractivity contribution in [2.24, 2.45) is 5.92 Å². The van der Waals surface area contributed by atoms with Gasteiger partial charge in [0.1, 0.15) is 12.0 Å². The van der Waals surface area contributed by atoms with Gasteiger partial charge in [0, 0.05) is 19.1 Å². The molecule has 0 aromatic carbocycles. The van der Waals surface area contributed by atoms with E-state index in [2.05, 4.69) is 15.3 Å². The Morgan fingerprint density at radius 2 is 2.23 bits per heavy atom. The number of hydrogen-bond acceptors (Lipinski definition) is 8. The molecule has 0 saturated heterocycles. The van der Waals surface area contributed by atoms with Crippen molar-refractivity contribution in [1.82, 2.24) is 9.97 Å². The molecule has 7 N–H and O–H groups in total. The monoisotopic (exact) mass is 335 g/mol. The van der Waals surface area contributed by atoms with Crippen molar-refractivity contribution >= 4 is 25.0 Å². The lowest BCUT2D eigenvalue weighted by molar-refractivity contribution is 0.0923. The van der Waals surface area contributed by atoms with E-state index in [-0.39, 0.29) is 31.3 Å². The molecule has 1 aliphatic rings. The fourth-order valence-electron chi connectivity index (χ4n) is 2.08. The fourth-order valence-corrected chi connectivity index (χ4v) is 2.42. The minimum Gasteiger partial charge on any atom is -0.396 e. The number of nitrogen functional groups attached to an aromatic ring is 1. The molecule has 0 fully saturated rings. The van der Waals surface area contributed by atoms with E-state index in [9.17, 15) is 14.5 Å². The SMILES string of the molecule is Nc1nc2c(c(=O)[nH]1)NCN2CC(CO)COCP(=O)(O)O. The van der Waals surface area contributed by atoms with Gasteiger partial charge < -0.3 is 35.6 Å². The first-order valence-electron chi connectivity index (χ1n) is 6.42. The van der Waals surface area contributed by atoms with E-state index in [0.29, 0.717) is 18.2 Å². The van der Waals surface area contributed by atoms with Gasteiger partial charge in [0.15, 0.2) is 5.82 Å². The summed E-state index contributed by atoms with van der Waals surface area (Å²) in [5, 5.41) is 12.2. The van der Waals surface area contributed by atoms with Gasteiger partial charge in [-0.1, -0.05) is 0 Å². The predicted molar refractivity (Wildman–Crippen MR) is 78.5 cm³/mol. The van der Waals surface area contributed by atoms with E-state index in [1.165, 1.54) is 0 Å². The van der Waals surface area contributed by atoms with E-state index in [1.54, 1.807) is 4.90 Å². The van der Waals surface area contributed by atoms with Gasteiger partial charge in [-0.15, -0.1) is 0 Å². The summed E-state index contributed by atoms with van der Waals surface area (Å²) >= 11 is 0. The minimum absolute atomic E-state index is 0.0178. The van der Waals surface area contributed by atoms with E-state index >= 15 is 0 Å². The number of aromatic nitrogens is 2. The third kappa shape index (κ3) is 4.18. The molecule has 1 aromatic heterocycles. The second kappa shape index (κ2) is 6.63. The fraction of sp³-hybridized carbons (Fsp3) is 0.600. The molecule has 1 aromatic rings. The second-order valence-corrected chi connectivity index (χ2v) is 6.51. The molecule has 0 amide bonds. The summed E-state index contributed by atoms with van der Waals surface area (Å²) in [4.78, 5) is 37.2. The Labute approximate surface area is 125 Å². The highest BCUT2D eigenvalue weighted by atomic mass is 31.2. The summed E-state index contributed by atoms with van der Waals surface area (Å²) in [7, 11) is -4.24. The molecule has 1 atom stereocenters. The quantitative estimate of drug-likeness (QED) is 0.315. The van der Waals surface area contributed by atoms with Crippen LogP contribution in [0.1, 0.15) is 0 Å². The minimum atomic E-state index is -4.24. The highest BCUT2D eigenvalue weighted by molar-refractivity contribution is 7.51. The van der Waals surface area contributed by atoms with Gasteiger partial charge >= 0.3 is 7.60 Å². The number of anilines is 3. The number of fused-ring (bicyclic) bond motifs is 1. The smallest absolute Gasteiger partial charge is 0.350 e. The first-order chi connectivity index (χ1) is 10.3. The van der Waals surface area contributed by atoms with Crippen molar-refractivity contribution in [3.05, 3.63) is 10.4 Å². The van der Waals surface area contributed by atoms with Gasteiger partial charge in [0.05, 0.1) is 13.3 Å². The molecule has 1 aliphatic heterocycles. The summed E-state index contributed by atoms with van der Waals surface area (Å²) in [6.07, 6.45) is -0.705. The van der Waals surface area contributed by atoms with Gasteiger partial charge in [-0.25, -0.2) is 0 Å². The third-order valence-electron chi connectivity index (χ3n) is 3.01. The Morgan fingerprint density at radius 1 is 1.50 bits per heavy atom. The molecule has 0 radical (unpaired) electrons. The largest absolute Gasteiger partial charge is 0.396 e. The first-order valence-corrected chi connectivity index (χ1v) is 8.21. The number of ether oxygens (including phenoxy) is 1. The number of rotatable bonds is 7. The zero-order valence-electron chi connectivity index (χ0n) is 11.6. The summed E-state index contributed by atoms with van der Waals surface area (Å²) in [5.41, 5.74) is 5.41. The molecular weight excluding hydrogens is 317 g/mol. The average Bonchev–Trinajstić information content (AvgIpc) is 2.79.